The summed E-state index contributed by atoms with van der Waals surface area (Å²) in [4.78, 5) is 22.8. The van der Waals surface area contributed by atoms with Gasteiger partial charge in [-0.15, -0.1) is 10.2 Å². The molecule has 1 aromatic heterocycles. The molecule has 116 valence electrons. The molecule has 0 unspecified atom stereocenters. The fourth-order valence-corrected chi connectivity index (χ4v) is 2.06. The summed E-state index contributed by atoms with van der Waals surface area (Å²) in [6.07, 6.45) is 0. The molecule has 7 nitrogen and oxygen atoms in total. The maximum atomic E-state index is 12.0. The first-order valence-electron chi connectivity index (χ1n) is 6.90. The first kappa shape index (κ1) is 15.7. The molecule has 0 saturated heterocycles. The highest BCUT2D eigenvalue weighted by molar-refractivity contribution is 5.95. The van der Waals surface area contributed by atoms with Crippen LogP contribution in [0, 0.1) is 0 Å². The Morgan fingerprint density at radius 2 is 1.77 bits per heavy atom. The lowest BCUT2D eigenvalue weighted by Crippen LogP contribution is -2.24. The summed E-state index contributed by atoms with van der Waals surface area (Å²) >= 11 is 0. The summed E-state index contributed by atoms with van der Waals surface area (Å²) in [5, 5.41) is 19.7. The molecule has 2 aromatic rings. The van der Waals surface area contributed by atoms with Gasteiger partial charge in [-0.2, -0.15) is 0 Å². The molecule has 0 fully saturated rings. The van der Waals surface area contributed by atoms with Gasteiger partial charge in [0.05, 0.1) is 12.1 Å². The normalized spacial score (nSPS) is 10.7. The molecule has 1 aromatic carbocycles. The smallest absolute Gasteiger partial charge is 0.335 e. The maximum absolute atomic E-state index is 12.0. The second-order valence-corrected chi connectivity index (χ2v) is 5.25. The van der Waals surface area contributed by atoms with Crippen LogP contribution >= 0.6 is 0 Å². The van der Waals surface area contributed by atoms with E-state index >= 15 is 0 Å². The number of rotatable bonds is 5. The Labute approximate surface area is 128 Å². The number of nitrogens with zero attached hydrogens (tertiary/aromatic N) is 3. The lowest BCUT2D eigenvalue weighted by molar-refractivity contribution is 0.0696. The van der Waals surface area contributed by atoms with Crippen molar-refractivity contribution in [3.63, 3.8) is 0 Å². The fraction of sp³-hybridized carbons (Fsp3) is 0.333. The van der Waals surface area contributed by atoms with Gasteiger partial charge in [-0.1, -0.05) is 13.8 Å². The number of carbonyl (C=O) groups excluding carboxylic acids is 1. The predicted molar refractivity (Wildman–Crippen MR) is 79.7 cm³/mol. The molecule has 0 aliphatic heterocycles. The Bertz CT molecular complexity index is 689. The number of aromatic carboxylic acids is 1. The van der Waals surface area contributed by atoms with Crippen molar-refractivity contribution < 1.29 is 14.7 Å². The van der Waals surface area contributed by atoms with Crippen molar-refractivity contribution in [2.24, 2.45) is 7.05 Å². The summed E-state index contributed by atoms with van der Waals surface area (Å²) < 4.78 is 1.86. The van der Waals surface area contributed by atoms with E-state index < -0.39 is 5.97 Å². The number of hydrogen-bond acceptors (Lipinski definition) is 4. The van der Waals surface area contributed by atoms with Crippen LogP contribution in [0.5, 0.6) is 0 Å². The van der Waals surface area contributed by atoms with Crippen molar-refractivity contribution in [2.45, 2.75) is 26.3 Å². The largest absolute Gasteiger partial charge is 0.478 e. The third kappa shape index (κ3) is 3.30. The average Bonchev–Trinajstić information content (AvgIpc) is 2.86. The third-order valence-electron chi connectivity index (χ3n) is 3.32. The molecule has 0 aliphatic carbocycles. The van der Waals surface area contributed by atoms with Gasteiger partial charge < -0.3 is 15.0 Å². The first-order valence-corrected chi connectivity index (χ1v) is 6.90. The molecular weight excluding hydrogens is 284 g/mol. The molecule has 1 amide bonds. The number of hydrogen-bond donors (Lipinski definition) is 2. The van der Waals surface area contributed by atoms with Crippen molar-refractivity contribution in [3.8, 4) is 0 Å². The van der Waals surface area contributed by atoms with E-state index in [0.717, 1.165) is 5.82 Å². The predicted octanol–water partition coefficient (Wildman–Crippen LogP) is 1.57. The Morgan fingerprint density at radius 3 is 2.27 bits per heavy atom. The van der Waals surface area contributed by atoms with E-state index in [0.29, 0.717) is 11.4 Å². The number of benzene rings is 1. The van der Waals surface area contributed by atoms with Gasteiger partial charge in [0.25, 0.3) is 5.91 Å². The topological polar surface area (TPSA) is 97.1 Å². The highest BCUT2D eigenvalue weighted by Crippen LogP contribution is 2.11. The minimum Gasteiger partial charge on any atom is -0.478 e. The molecule has 0 aliphatic rings. The summed E-state index contributed by atoms with van der Waals surface area (Å²) in [7, 11) is 1.86. The Morgan fingerprint density at radius 1 is 1.18 bits per heavy atom. The van der Waals surface area contributed by atoms with Crippen molar-refractivity contribution >= 4 is 11.9 Å². The molecule has 0 radical (unpaired) electrons. The van der Waals surface area contributed by atoms with Gasteiger partial charge in [0.15, 0.2) is 5.82 Å². The van der Waals surface area contributed by atoms with Crippen LogP contribution in [0.15, 0.2) is 24.3 Å². The Kier molecular flexibility index (Phi) is 4.55. The van der Waals surface area contributed by atoms with Crippen molar-refractivity contribution in [2.75, 3.05) is 0 Å². The molecule has 2 rings (SSSR count). The van der Waals surface area contributed by atoms with E-state index in [-0.39, 0.29) is 23.9 Å². The van der Waals surface area contributed by atoms with Crippen molar-refractivity contribution in [3.05, 3.63) is 47.0 Å². The van der Waals surface area contributed by atoms with E-state index in [9.17, 15) is 9.59 Å². The minimum absolute atomic E-state index is 0.145. The maximum Gasteiger partial charge on any atom is 0.335 e. The Hall–Kier alpha value is -2.70. The lowest BCUT2D eigenvalue weighted by Gasteiger charge is -2.07. The van der Waals surface area contributed by atoms with Crippen LogP contribution in [0.25, 0.3) is 0 Å². The molecule has 0 bridgehead atoms. The van der Waals surface area contributed by atoms with E-state index in [1.54, 1.807) is 0 Å². The number of amides is 1. The van der Waals surface area contributed by atoms with Crippen LogP contribution in [0.2, 0.25) is 0 Å². The quantitative estimate of drug-likeness (QED) is 0.873. The monoisotopic (exact) mass is 302 g/mol. The molecule has 7 heteroatoms. The molecule has 0 saturated carbocycles. The zero-order chi connectivity index (χ0) is 16.3. The Balaban J connectivity index is 2.02. The van der Waals surface area contributed by atoms with Gasteiger partial charge in [-0.25, -0.2) is 4.79 Å². The third-order valence-corrected chi connectivity index (χ3v) is 3.32. The highest BCUT2D eigenvalue weighted by atomic mass is 16.4. The highest BCUT2D eigenvalue weighted by Gasteiger charge is 2.13. The van der Waals surface area contributed by atoms with Gasteiger partial charge in [-0.3, -0.25) is 4.79 Å². The molecule has 0 atom stereocenters. The zero-order valence-corrected chi connectivity index (χ0v) is 12.7. The summed E-state index contributed by atoms with van der Waals surface area (Å²) in [6.45, 7) is 4.31. The van der Waals surface area contributed by atoms with Crippen LogP contribution in [-0.2, 0) is 13.6 Å². The zero-order valence-electron chi connectivity index (χ0n) is 12.7. The second-order valence-electron chi connectivity index (χ2n) is 5.25. The molecule has 1 heterocycles. The summed E-state index contributed by atoms with van der Waals surface area (Å²) in [5.41, 5.74) is 0.544. The molecule has 0 spiro atoms. The van der Waals surface area contributed by atoms with E-state index in [1.165, 1.54) is 24.3 Å². The van der Waals surface area contributed by atoms with E-state index in [2.05, 4.69) is 15.5 Å². The number of carboxylic acid groups (broad SMARTS) is 1. The number of aromatic nitrogens is 3. The first-order chi connectivity index (χ1) is 10.4. The van der Waals surface area contributed by atoms with Gasteiger partial charge in [0, 0.05) is 18.5 Å². The van der Waals surface area contributed by atoms with Crippen LogP contribution < -0.4 is 5.32 Å². The number of carbonyl (C=O) groups is 2. The van der Waals surface area contributed by atoms with Crippen molar-refractivity contribution in [1.82, 2.24) is 20.1 Å². The fourth-order valence-electron chi connectivity index (χ4n) is 2.06. The van der Waals surface area contributed by atoms with Gasteiger partial charge in [0.1, 0.15) is 5.82 Å². The van der Waals surface area contributed by atoms with Crippen LogP contribution in [0.4, 0.5) is 0 Å². The second kappa shape index (κ2) is 6.38. The standard InChI is InChI=1S/C15H18N4O3/c1-9(2)13-18-17-12(19(13)3)8-16-14(20)10-4-6-11(7-5-10)15(21)22/h4-7,9H,8H2,1-3H3,(H,16,20)(H,21,22). The SMILES string of the molecule is CC(C)c1nnc(CNC(=O)c2ccc(C(=O)O)cc2)n1C. The minimum atomic E-state index is -1.02. The van der Waals surface area contributed by atoms with E-state index in [4.69, 9.17) is 5.11 Å². The van der Waals surface area contributed by atoms with Crippen LogP contribution in [0.1, 0.15) is 52.1 Å². The van der Waals surface area contributed by atoms with Gasteiger partial charge in [0.2, 0.25) is 0 Å². The molecular formula is C15H18N4O3. The molecule has 22 heavy (non-hydrogen) atoms. The lowest BCUT2D eigenvalue weighted by atomic mass is 10.1. The van der Waals surface area contributed by atoms with Crippen LogP contribution in [-0.4, -0.2) is 31.7 Å². The van der Waals surface area contributed by atoms with Gasteiger partial charge in [-0.05, 0) is 24.3 Å². The van der Waals surface area contributed by atoms with Crippen LogP contribution in [0.3, 0.4) is 0 Å². The summed E-state index contributed by atoms with van der Waals surface area (Å²) in [5.74, 6) is 0.470. The average molecular weight is 302 g/mol. The van der Waals surface area contributed by atoms with E-state index in [1.807, 2.05) is 25.5 Å². The van der Waals surface area contributed by atoms with Gasteiger partial charge >= 0.3 is 5.97 Å². The molecule has 2 N–H and O–H groups in total. The van der Waals surface area contributed by atoms with Crippen molar-refractivity contribution in [1.29, 1.82) is 0 Å². The number of nitrogens with one attached hydrogen (secondary N) is 1. The number of carboxylic acids is 1. The summed E-state index contributed by atoms with van der Waals surface area (Å²) in [6, 6.07) is 5.76.